The van der Waals surface area contributed by atoms with E-state index < -0.39 is 0 Å². The summed E-state index contributed by atoms with van der Waals surface area (Å²) in [5, 5.41) is 20.6. The van der Waals surface area contributed by atoms with Crippen LogP contribution in [0.25, 0.3) is 16.8 Å². The summed E-state index contributed by atoms with van der Waals surface area (Å²) in [6, 6.07) is 11.7. The van der Waals surface area contributed by atoms with E-state index in [9.17, 15) is 4.79 Å². The molecule has 0 unspecified atom stereocenters. The molecule has 3 heterocycles. The number of hydrogen-bond donors (Lipinski definition) is 2. The minimum absolute atomic E-state index is 0.0309. The Kier molecular flexibility index (Phi) is 4.17. The van der Waals surface area contributed by atoms with Crippen molar-refractivity contribution in [3.63, 3.8) is 0 Å². The molecular weight excluding hydrogens is 368 g/mol. The smallest absolute Gasteiger partial charge is 0.255 e. The van der Waals surface area contributed by atoms with Crippen molar-refractivity contribution < 1.29 is 14.4 Å². The van der Waals surface area contributed by atoms with Crippen LogP contribution in [0.5, 0.6) is 0 Å². The fourth-order valence-electron chi connectivity index (χ4n) is 3.95. The average Bonchev–Trinajstić information content (AvgIpc) is 3.45. The Morgan fingerprint density at radius 2 is 2.21 bits per heavy atom. The van der Waals surface area contributed by atoms with Crippen molar-refractivity contribution in [3.05, 3.63) is 76.8 Å². The number of pyridine rings is 1. The van der Waals surface area contributed by atoms with Gasteiger partial charge in [0.25, 0.3) is 5.91 Å². The lowest BCUT2D eigenvalue weighted by molar-refractivity contribution is 0.0938. The van der Waals surface area contributed by atoms with E-state index in [1.807, 2.05) is 37.4 Å². The lowest BCUT2D eigenvalue weighted by Crippen LogP contribution is -2.27. The van der Waals surface area contributed by atoms with Crippen molar-refractivity contribution in [1.82, 2.24) is 20.1 Å². The molecule has 0 saturated carbocycles. The lowest BCUT2D eigenvalue weighted by atomic mass is 10.0. The van der Waals surface area contributed by atoms with E-state index in [4.69, 9.17) is 9.63 Å². The standard InChI is InChI=1S/C22H20N4O3/c1-13-6-7-26-21(8-13)18(11-23-26)22(28)24-19-5-3-14-9-15(2-4-17(14)19)20-10-16(12-27)29-25-20/h2,4,6-11,19,27H,3,5,12H2,1H3,(H,24,28)/t19-/m1/s1. The lowest BCUT2D eigenvalue weighted by Gasteiger charge is -2.14. The van der Waals surface area contributed by atoms with Crippen LogP contribution >= 0.6 is 0 Å². The predicted molar refractivity (Wildman–Crippen MR) is 106 cm³/mol. The molecule has 7 nitrogen and oxygen atoms in total. The molecule has 1 atom stereocenters. The highest BCUT2D eigenvalue weighted by Crippen LogP contribution is 2.34. The molecule has 1 amide bonds. The Hall–Kier alpha value is -3.45. The van der Waals surface area contributed by atoms with Crippen molar-refractivity contribution in [1.29, 1.82) is 0 Å². The van der Waals surface area contributed by atoms with E-state index in [-0.39, 0.29) is 18.6 Å². The van der Waals surface area contributed by atoms with Gasteiger partial charge in [0, 0.05) is 17.8 Å². The number of rotatable bonds is 4. The molecule has 2 N–H and O–H groups in total. The zero-order valence-corrected chi connectivity index (χ0v) is 15.9. The second kappa shape index (κ2) is 6.86. The number of aliphatic hydroxyl groups excluding tert-OH is 1. The molecule has 29 heavy (non-hydrogen) atoms. The minimum Gasteiger partial charge on any atom is -0.388 e. The van der Waals surface area contributed by atoms with E-state index in [1.165, 1.54) is 5.56 Å². The normalized spacial score (nSPS) is 15.6. The van der Waals surface area contributed by atoms with Gasteiger partial charge in [-0.15, -0.1) is 0 Å². The number of hydrogen-bond acceptors (Lipinski definition) is 5. The molecule has 1 aliphatic rings. The van der Waals surface area contributed by atoms with E-state index in [2.05, 4.69) is 21.6 Å². The summed E-state index contributed by atoms with van der Waals surface area (Å²) in [6.45, 7) is 1.83. The number of aromatic nitrogens is 3. The van der Waals surface area contributed by atoms with Crippen LogP contribution in [0.2, 0.25) is 0 Å². The number of nitrogens with zero attached hydrogens (tertiary/aromatic N) is 3. The van der Waals surface area contributed by atoms with E-state index in [0.29, 0.717) is 17.0 Å². The van der Waals surface area contributed by atoms with Gasteiger partial charge in [0.05, 0.1) is 23.3 Å². The first-order valence-electron chi connectivity index (χ1n) is 9.57. The van der Waals surface area contributed by atoms with Gasteiger partial charge in [-0.25, -0.2) is 4.52 Å². The van der Waals surface area contributed by atoms with Gasteiger partial charge < -0.3 is 14.9 Å². The molecule has 0 saturated heterocycles. The monoisotopic (exact) mass is 388 g/mol. The van der Waals surface area contributed by atoms with Gasteiger partial charge in [-0.2, -0.15) is 5.10 Å². The first-order chi connectivity index (χ1) is 14.1. The van der Waals surface area contributed by atoms with Gasteiger partial charge in [-0.05, 0) is 54.7 Å². The summed E-state index contributed by atoms with van der Waals surface area (Å²) in [5.74, 6) is 0.325. The summed E-state index contributed by atoms with van der Waals surface area (Å²) in [4.78, 5) is 12.9. The molecule has 0 spiro atoms. The molecule has 0 fully saturated rings. The Balaban J connectivity index is 1.39. The summed E-state index contributed by atoms with van der Waals surface area (Å²) in [6.07, 6.45) is 5.21. The quantitative estimate of drug-likeness (QED) is 0.560. The van der Waals surface area contributed by atoms with Crippen molar-refractivity contribution in [3.8, 4) is 11.3 Å². The fourth-order valence-corrected chi connectivity index (χ4v) is 3.95. The maximum Gasteiger partial charge on any atom is 0.255 e. The Morgan fingerprint density at radius 3 is 3.03 bits per heavy atom. The van der Waals surface area contributed by atoms with Gasteiger partial charge in [0.2, 0.25) is 0 Å². The maximum atomic E-state index is 12.9. The third-order valence-corrected chi connectivity index (χ3v) is 5.46. The van der Waals surface area contributed by atoms with Crippen LogP contribution in [0.15, 0.2) is 53.3 Å². The van der Waals surface area contributed by atoms with Gasteiger partial charge in [-0.1, -0.05) is 17.3 Å². The largest absolute Gasteiger partial charge is 0.388 e. The van der Waals surface area contributed by atoms with Gasteiger partial charge in [-0.3, -0.25) is 4.79 Å². The Morgan fingerprint density at radius 1 is 1.31 bits per heavy atom. The van der Waals surface area contributed by atoms with E-state index in [0.717, 1.165) is 35.0 Å². The third-order valence-electron chi connectivity index (χ3n) is 5.46. The number of aryl methyl sites for hydroxylation is 2. The molecule has 7 heteroatoms. The highest BCUT2D eigenvalue weighted by Gasteiger charge is 2.26. The van der Waals surface area contributed by atoms with Crippen molar-refractivity contribution in [2.45, 2.75) is 32.4 Å². The van der Waals surface area contributed by atoms with E-state index in [1.54, 1.807) is 16.8 Å². The maximum absolute atomic E-state index is 12.9. The van der Waals surface area contributed by atoms with Crippen LogP contribution in [0.3, 0.4) is 0 Å². The number of fused-ring (bicyclic) bond motifs is 2. The van der Waals surface area contributed by atoms with Gasteiger partial charge in [0.15, 0.2) is 5.76 Å². The summed E-state index contributed by atoms with van der Waals surface area (Å²) < 4.78 is 6.80. The predicted octanol–water partition coefficient (Wildman–Crippen LogP) is 3.21. The fraction of sp³-hybridized carbons (Fsp3) is 0.227. The summed E-state index contributed by atoms with van der Waals surface area (Å²) in [5.41, 5.74) is 6.43. The topological polar surface area (TPSA) is 92.7 Å². The van der Waals surface area contributed by atoms with Crippen molar-refractivity contribution in [2.24, 2.45) is 0 Å². The van der Waals surface area contributed by atoms with E-state index >= 15 is 0 Å². The number of benzene rings is 1. The molecular formula is C22H20N4O3. The zero-order valence-electron chi connectivity index (χ0n) is 15.9. The number of nitrogens with one attached hydrogen (secondary N) is 1. The highest BCUT2D eigenvalue weighted by molar-refractivity contribution is 6.00. The van der Waals surface area contributed by atoms with Crippen molar-refractivity contribution in [2.75, 3.05) is 0 Å². The van der Waals surface area contributed by atoms with Gasteiger partial charge in [0.1, 0.15) is 12.3 Å². The second-order valence-corrected chi connectivity index (χ2v) is 7.41. The van der Waals surface area contributed by atoms with Crippen LogP contribution in [-0.2, 0) is 13.0 Å². The van der Waals surface area contributed by atoms with Crippen LogP contribution in [0.4, 0.5) is 0 Å². The molecule has 0 aliphatic heterocycles. The van der Waals surface area contributed by atoms with Gasteiger partial charge >= 0.3 is 0 Å². The van der Waals surface area contributed by atoms with Crippen LogP contribution < -0.4 is 5.32 Å². The molecule has 1 aliphatic carbocycles. The summed E-state index contributed by atoms with van der Waals surface area (Å²) in [7, 11) is 0. The summed E-state index contributed by atoms with van der Waals surface area (Å²) >= 11 is 0. The van der Waals surface area contributed by atoms with Crippen LogP contribution in [-0.4, -0.2) is 25.8 Å². The molecule has 146 valence electrons. The first-order valence-corrected chi connectivity index (χ1v) is 9.57. The number of carbonyl (C=O) groups excluding carboxylic acids is 1. The van der Waals surface area contributed by atoms with Crippen LogP contribution in [0, 0.1) is 6.92 Å². The first kappa shape index (κ1) is 17.6. The Labute approximate surface area is 167 Å². The number of amides is 1. The number of aliphatic hydroxyl groups is 1. The highest BCUT2D eigenvalue weighted by atomic mass is 16.5. The molecule has 5 rings (SSSR count). The minimum atomic E-state index is -0.172. The zero-order chi connectivity index (χ0) is 20.0. The SMILES string of the molecule is Cc1ccn2ncc(C(=O)N[C@@H]3CCc4cc(-c5cc(CO)on5)ccc43)c2c1. The average molecular weight is 388 g/mol. The second-order valence-electron chi connectivity index (χ2n) is 7.41. The molecule has 0 radical (unpaired) electrons. The third kappa shape index (κ3) is 3.09. The number of carbonyl (C=O) groups is 1. The molecule has 1 aromatic carbocycles. The van der Waals surface area contributed by atoms with Crippen LogP contribution in [0.1, 0.15) is 45.3 Å². The molecule has 3 aromatic heterocycles. The molecule has 4 aromatic rings. The molecule has 0 bridgehead atoms. The Bertz CT molecular complexity index is 1220. The van der Waals surface area contributed by atoms with Crippen molar-refractivity contribution >= 4 is 11.4 Å².